The summed E-state index contributed by atoms with van der Waals surface area (Å²) in [6.07, 6.45) is -3.20. The van der Waals surface area contributed by atoms with Crippen LogP contribution in [-0.4, -0.2) is 29.3 Å². The number of halogens is 4. The van der Waals surface area contributed by atoms with Crippen LogP contribution in [0, 0.1) is 0 Å². The van der Waals surface area contributed by atoms with Gasteiger partial charge < -0.3 is 15.2 Å². The molecule has 12 heteroatoms. The number of hydrogen-bond acceptors (Lipinski definition) is 7. The number of nitrogens with zero attached hydrogens (tertiary/aromatic N) is 2. The number of thiazole rings is 1. The van der Waals surface area contributed by atoms with E-state index in [0.29, 0.717) is 16.4 Å². The second-order valence-corrected chi connectivity index (χ2v) is 7.64. The molecule has 0 fully saturated rings. The van der Waals surface area contributed by atoms with Crippen LogP contribution in [0.1, 0.15) is 16.8 Å². The van der Waals surface area contributed by atoms with Crippen LogP contribution in [0.2, 0.25) is 5.02 Å². The lowest BCUT2D eigenvalue weighted by atomic mass is 10.2. The molecule has 1 heterocycles. The van der Waals surface area contributed by atoms with Crippen molar-refractivity contribution >= 4 is 45.9 Å². The van der Waals surface area contributed by atoms with E-state index in [4.69, 9.17) is 16.3 Å². The maximum absolute atomic E-state index is 12.8. The summed E-state index contributed by atoms with van der Waals surface area (Å²) in [6, 6.07) is 7.67. The largest absolute Gasteiger partial charge is 0.503 e. The fourth-order valence-electron chi connectivity index (χ4n) is 2.55. The molecule has 32 heavy (non-hydrogen) atoms. The summed E-state index contributed by atoms with van der Waals surface area (Å²) in [7, 11) is 1.37. The summed E-state index contributed by atoms with van der Waals surface area (Å²) in [5, 5.41) is 18.4. The van der Waals surface area contributed by atoms with Crippen LogP contribution in [0.5, 0.6) is 11.5 Å². The molecule has 0 unspecified atom stereocenters. The van der Waals surface area contributed by atoms with Crippen molar-refractivity contribution < 1.29 is 27.8 Å². The van der Waals surface area contributed by atoms with Crippen molar-refractivity contribution in [2.75, 3.05) is 12.4 Å². The second-order valence-electron chi connectivity index (χ2n) is 6.37. The van der Waals surface area contributed by atoms with Gasteiger partial charge >= 0.3 is 6.18 Å². The Labute approximate surface area is 189 Å². The molecule has 3 aromatic rings. The summed E-state index contributed by atoms with van der Waals surface area (Å²) in [4.78, 5) is 16.3. The topological polar surface area (TPSA) is 95.8 Å². The van der Waals surface area contributed by atoms with Gasteiger partial charge in [-0.1, -0.05) is 17.7 Å². The van der Waals surface area contributed by atoms with E-state index in [0.717, 1.165) is 23.5 Å². The van der Waals surface area contributed by atoms with Crippen molar-refractivity contribution in [1.82, 2.24) is 10.4 Å². The van der Waals surface area contributed by atoms with Crippen molar-refractivity contribution in [3.8, 4) is 11.5 Å². The van der Waals surface area contributed by atoms with E-state index >= 15 is 0 Å². The highest BCUT2D eigenvalue weighted by atomic mass is 35.5. The summed E-state index contributed by atoms with van der Waals surface area (Å²) in [5.41, 5.74) is 2.71. The first kappa shape index (κ1) is 23.4. The van der Waals surface area contributed by atoms with Crippen molar-refractivity contribution in [2.24, 2.45) is 5.10 Å². The van der Waals surface area contributed by atoms with Crippen LogP contribution in [0.15, 0.2) is 46.9 Å². The number of nitrogens with one attached hydrogen (secondary N) is 2. The van der Waals surface area contributed by atoms with Gasteiger partial charge in [0.2, 0.25) is 5.91 Å². The number of phenolic OH excluding ortho intramolecular Hbond substituents is 1. The van der Waals surface area contributed by atoms with E-state index in [1.54, 1.807) is 5.38 Å². The fraction of sp³-hybridized carbons (Fsp3) is 0.150. The molecule has 1 amide bonds. The summed E-state index contributed by atoms with van der Waals surface area (Å²) in [6.45, 7) is 0. The normalized spacial score (nSPS) is 11.5. The van der Waals surface area contributed by atoms with Crippen molar-refractivity contribution in [2.45, 2.75) is 12.6 Å². The maximum Gasteiger partial charge on any atom is 0.416 e. The minimum absolute atomic E-state index is 0.0698. The van der Waals surface area contributed by atoms with Crippen LogP contribution in [0.3, 0.4) is 0 Å². The molecule has 0 aliphatic rings. The van der Waals surface area contributed by atoms with Gasteiger partial charge in [0, 0.05) is 11.1 Å². The Hall–Kier alpha value is -3.31. The first-order chi connectivity index (χ1) is 15.2. The fourth-order valence-corrected chi connectivity index (χ4v) is 3.50. The number of aromatic hydroxyl groups is 1. The van der Waals surface area contributed by atoms with E-state index in [9.17, 15) is 23.1 Å². The molecule has 0 atom stereocenters. The number of anilines is 2. The van der Waals surface area contributed by atoms with E-state index in [1.807, 2.05) is 0 Å². The zero-order valence-corrected chi connectivity index (χ0v) is 18.0. The minimum atomic E-state index is -4.44. The van der Waals surface area contributed by atoms with Gasteiger partial charge in [-0.25, -0.2) is 10.4 Å². The van der Waals surface area contributed by atoms with E-state index in [1.165, 1.54) is 37.6 Å². The third kappa shape index (κ3) is 6.11. The molecular weight excluding hydrogens is 469 g/mol. The third-order valence-corrected chi connectivity index (χ3v) is 5.10. The van der Waals surface area contributed by atoms with Gasteiger partial charge in [0.15, 0.2) is 16.6 Å². The lowest BCUT2D eigenvalue weighted by molar-refractivity contribution is -0.137. The van der Waals surface area contributed by atoms with E-state index in [-0.39, 0.29) is 28.6 Å². The lowest BCUT2D eigenvalue weighted by Gasteiger charge is -2.08. The molecule has 1 aromatic heterocycles. The number of amides is 1. The zero-order valence-electron chi connectivity index (χ0n) is 16.4. The highest BCUT2D eigenvalue weighted by molar-refractivity contribution is 7.13. The van der Waals surface area contributed by atoms with Crippen molar-refractivity contribution in [3.05, 3.63) is 63.6 Å². The number of benzene rings is 2. The third-order valence-electron chi connectivity index (χ3n) is 4.01. The highest BCUT2D eigenvalue weighted by Crippen LogP contribution is 2.34. The molecular formula is C20H16ClF3N4O3S. The number of phenols is 1. The molecule has 0 aliphatic heterocycles. The monoisotopic (exact) mass is 484 g/mol. The van der Waals surface area contributed by atoms with Crippen molar-refractivity contribution in [3.63, 3.8) is 0 Å². The van der Waals surface area contributed by atoms with Crippen LogP contribution < -0.4 is 15.5 Å². The summed E-state index contributed by atoms with van der Waals surface area (Å²) < 4.78 is 43.4. The van der Waals surface area contributed by atoms with E-state index in [2.05, 4.69) is 20.8 Å². The number of hydrazone groups is 1. The molecule has 0 radical (unpaired) electrons. The van der Waals surface area contributed by atoms with Gasteiger partial charge in [0.05, 0.1) is 36.0 Å². The average Bonchev–Trinajstić information content (AvgIpc) is 3.16. The number of rotatable bonds is 7. The number of methoxy groups -OCH3 is 1. The standard InChI is InChI=1S/C20H16ClF3N4O3S/c1-31-16-6-11(5-15(21)18(16)30)9-25-28-17(29)8-14-10-32-19(27-14)26-13-4-2-3-12(7-13)20(22,23)24/h2-7,9-10,30H,8H2,1H3,(H,26,27)(H,28,29)/b25-9-. The quantitative estimate of drug-likeness (QED) is 0.325. The number of carbonyl (C=O) groups is 1. The average molecular weight is 485 g/mol. The Morgan fingerprint density at radius 2 is 2.12 bits per heavy atom. The van der Waals surface area contributed by atoms with Crippen LogP contribution in [0.25, 0.3) is 0 Å². The van der Waals surface area contributed by atoms with Gasteiger partial charge in [-0.15, -0.1) is 11.3 Å². The first-order valence-corrected chi connectivity index (χ1v) is 10.2. The van der Waals surface area contributed by atoms with E-state index < -0.39 is 17.6 Å². The number of hydrogen-bond donors (Lipinski definition) is 3. The molecule has 7 nitrogen and oxygen atoms in total. The van der Waals surface area contributed by atoms with Crippen LogP contribution >= 0.6 is 22.9 Å². The molecule has 168 valence electrons. The SMILES string of the molecule is COc1cc(/C=N\NC(=O)Cc2csc(Nc3cccc(C(F)(F)F)c3)n2)cc(Cl)c1O. The Morgan fingerprint density at radius 1 is 1.34 bits per heavy atom. The maximum atomic E-state index is 12.8. The van der Waals surface area contributed by atoms with Crippen LogP contribution in [0.4, 0.5) is 24.0 Å². The van der Waals surface area contributed by atoms with Gasteiger partial charge in [-0.3, -0.25) is 4.79 Å². The number of carbonyl (C=O) groups excluding carboxylic acids is 1. The Morgan fingerprint density at radius 3 is 2.84 bits per heavy atom. The van der Waals surface area contributed by atoms with Gasteiger partial charge in [0.1, 0.15) is 0 Å². The first-order valence-electron chi connectivity index (χ1n) is 8.93. The zero-order chi connectivity index (χ0) is 23.3. The summed E-state index contributed by atoms with van der Waals surface area (Å²) >= 11 is 7.04. The second kappa shape index (κ2) is 9.88. The molecule has 2 aromatic carbocycles. The molecule has 0 saturated heterocycles. The molecule has 0 bridgehead atoms. The number of aromatic nitrogens is 1. The molecule has 0 aliphatic carbocycles. The van der Waals surface area contributed by atoms with Gasteiger partial charge in [-0.05, 0) is 35.9 Å². The predicted molar refractivity (Wildman–Crippen MR) is 116 cm³/mol. The lowest BCUT2D eigenvalue weighted by Crippen LogP contribution is -2.19. The van der Waals surface area contributed by atoms with Crippen LogP contribution in [-0.2, 0) is 17.4 Å². The van der Waals surface area contributed by atoms with Gasteiger partial charge in [-0.2, -0.15) is 18.3 Å². The Kier molecular flexibility index (Phi) is 7.21. The molecule has 0 spiro atoms. The van der Waals surface area contributed by atoms with Gasteiger partial charge in [0.25, 0.3) is 0 Å². The Bertz CT molecular complexity index is 1150. The minimum Gasteiger partial charge on any atom is -0.503 e. The molecule has 3 rings (SSSR count). The highest BCUT2D eigenvalue weighted by Gasteiger charge is 2.30. The van der Waals surface area contributed by atoms with Crippen molar-refractivity contribution in [1.29, 1.82) is 0 Å². The number of ether oxygens (including phenoxy) is 1. The molecule has 3 N–H and O–H groups in total. The molecule has 0 saturated carbocycles. The Balaban J connectivity index is 1.57. The smallest absolute Gasteiger partial charge is 0.416 e. The number of alkyl halides is 3. The summed E-state index contributed by atoms with van der Waals surface area (Å²) in [5.74, 6) is -0.490. The predicted octanol–water partition coefficient (Wildman–Crippen LogP) is 4.97.